The highest BCUT2D eigenvalue weighted by Gasteiger charge is 2.47. The van der Waals surface area contributed by atoms with Gasteiger partial charge in [0.2, 0.25) is 35.4 Å². The summed E-state index contributed by atoms with van der Waals surface area (Å²) in [5.74, 6) is -3.23. The van der Waals surface area contributed by atoms with Gasteiger partial charge in [0.1, 0.15) is 24.2 Å². The molecular formula is C74H96N10O8. The average Bonchev–Trinajstić information content (AvgIpc) is 1.75. The predicted octanol–water partition coefficient (Wildman–Crippen LogP) is 8.19. The Morgan fingerprint density at radius 3 is 1.11 bits per heavy atom. The highest BCUT2D eigenvalue weighted by atomic mass is 16.2. The molecule has 4 aliphatic rings. The molecule has 2 heterocycles. The summed E-state index contributed by atoms with van der Waals surface area (Å²) in [6.07, 6.45) is 13.5. The summed E-state index contributed by atoms with van der Waals surface area (Å²) < 4.78 is 0. The Labute approximate surface area is 543 Å². The zero-order valence-corrected chi connectivity index (χ0v) is 54.1. The SMILES string of the molecule is CN[C@@H](C)C(=O)N[C@H](C(=O)N1CC(NC(=O)c2ccc(C(=O)N[C@H]3C[C@@H](C(=O)NC(CCCc4ccccc4)c4ccccc4)N(C(=O)[C@@H](NC(=O)[C@H](C)NC)C4CCCCC4)C3)cc2)CC1C(=O)NC(CCCc1ccccc1)c1ccccc1)C1CCCCC1. The number of nitrogens with one attached hydrogen (secondary N) is 8. The lowest BCUT2D eigenvalue weighted by Gasteiger charge is -2.35. The zero-order chi connectivity index (χ0) is 64.9. The van der Waals surface area contributed by atoms with E-state index in [2.05, 4.69) is 66.8 Å². The Hall–Kier alpha value is -8.22. The third-order valence-corrected chi connectivity index (χ3v) is 19.5. The minimum Gasteiger partial charge on any atom is -0.348 e. The third-order valence-electron chi connectivity index (χ3n) is 19.5. The molecule has 0 bridgehead atoms. The van der Waals surface area contributed by atoms with Gasteiger partial charge in [0.05, 0.1) is 24.2 Å². The first-order chi connectivity index (χ1) is 44.7. The normalized spacial score (nSPS) is 20.5. The Balaban J connectivity index is 0.913. The van der Waals surface area contributed by atoms with E-state index >= 15 is 9.59 Å². The van der Waals surface area contributed by atoms with Gasteiger partial charge < -0.3 is 52.3 Å². The Morgan fingerprint density at radius 1 is 0.435 bits per heavy atom. The molecule has 5 aromatic carbocycles. The van der Waals surface area contributed by atoms with Gasteiger partial charge in [-0.15, -0.1) is 0 Å². The van der Waals surface area contributed by atoms with Crippen molar-refractivity contribution in [2.45, 2.75) is 190 Å². The molecule has 490 valence electrons. The number of benzene rings is 5. The molecule has 10 atom stereocenters. The Morgan fingerprint density at radius 2 is 0.772 bits per heavy atom. The molecule has 2 aliphatic carbocycles. The largest absolute Gasteiger partial charge is 0.348 e. The molecule has 92 heavy (non-hydrogen) atoms. The molecule has 5 aromatic rings. The first kappa shape index (κ1) is 68.2. The van der Waals surface area contributed by atoms with E-state index in [0.717, 1.165) is 101 Å². The van der Waals surface area contributed by atoms with Gasteiger partial charge in [0.15, 0.2) is 0 Å². The van der Waals surface area contributed by atoms with E-state index in [9.17, 15) is 28.8 Å². The number of amides is 8. The molecule has 4 fully saturated rings. The van der Waals surface area contributed by atoms with Crippen LogP contribution in [0.3, 0.4) is 0 Å². The van der Waals surface area contributed by atoms with Crippen molar-refractivity contribution in [1.82, 2.24) is 52.3 Å². The predicted molar refractivity (Wildman–Crippen MR) is 357 cm³/mol. The third kappa shape index (κ3) is 18.5. The molecule has 18 heteroatoms. The molecule has 18 nitrogen and oxygen atoms in total. The summed E-state index contributed by atoms with van der Waals surface area (Å²) in [5.41, 5.74) is 4.76. The highest BCUT2D eigenvalue weighted by Crippen LogP contribution is 2.33. The zero-order valence-electron chi connectivity index (χ0n) is 54.1. The number of likely N-dealkylation sites (tertiary alicyclic amines) is 2. The van der Waals surface area contributed by atoms with Crippen molar-refractivity contribution in [1.29, 1.82) is 0 Å². The molecule has 4 unspecified atom stereocenters. The molecule has 9 rings (SSSR count). The van der Waals surface area contributed by atoms with Gasteiger partial charge in [0.25, 0.3) is 11.8 Å². The second-order valence-electron chi connectivity index (χ2n) is 25.9. The van der Waals surface area contributed by atoms with E-state index in [0.29, 0.717) is 12.8 Å². The first-order valence-electron chi connectivity index (χ1n) is 33.7. The van der Waals surface area contributed by atoms with Crippen LogP contribution >= 0.6 is 0 Å². The first-order valence-corrected chi connectivity index (χ1v) is 33.7. The quantitative estimate of drug-likeness (QED) is 0.0239. The minimum atomic E-state index is -0.967. The van der Waals surface area contributed by atoms with Gasteiger partial charge in [-0.05, 0) is 163 Å². The topological polar surface area (TPSA) is 239 Å². The van der Waals surface area contributed by atoms with Crippen LogP contribution in [0.5, 0.6) is 0 Å². The van der Waals surface area contributed by atoms with Crippen LogP contribution in [0.2, 0.25) is 0 Å². The number of carbonyl (C=O) groups excluding carboxylic acids is 8. The minimum absolute atomic E-state index is 0.0256. The number of likely N-dealkylation sites (N-methyl/N-ethyl adjacent to an activating group) is 2. The summed E-state index contributed by atoms with van der Waals surface area (Å²) in [7, 11) is 3.38. The maximum atomic E-state index is 15.2. The lowest BCUT2D eigenvalue weighted by Crippen LogP contribution is -2.58. The van der Waals surface area contributed by atoms with Crippen molar-refractivity contribution in [2.24, 2.45) is 11.8 Å². The second kappa shape index (κ2) is 33.9. The molecular weight excluding hydrogens is 1160 g/mol. The van der Waals surface area contributed by atoms with Gasteiger partial charge in [0, 0.05) is 36.3 Å². The van der Waals surface area contributed by atoms with Gasteiger partial charge in [-0.3, -0.25) is 38.4 Å². The van der Waals surface area contributed by atoms with E-state index in [1.807, 2.05) is 97.1 Å². The lowest BCUT2D eigenvalue weighted by atomic mass is 9.83. The molecule has 8 N–H and O–H groups in total. The van der Waals surface area contributed by atoms with Crippen LogP contribution < -0.4 is 42.5 Å². The van der Waals surface area contributed by atoms with Crippen LogP contribution in [-0.4, -0.2) is 133 Å². The Kier molecular flexibility index (Phi) is 25.1. The van der Waals surface area contributed by atoms with Crippen molar-refractivity contribution < 1.29 is 38.4 Å². The average molecular weight is 1250 g/mol. The van der Waals surface area contributed by atoms with Crippen molar-refractivity contribution in [3.63, 3.8) is 0 Å². The molecule has 2 saturated carbocycles. The number of hydrogen-bond acceptors (Lipinski definition) is 10. The molecule has 0 aromatic heterocycles. The van der Waals surface area contributed by atoms with Gasteiger partial charge in [-0.1, -0.05) is 160 Å². The molecule has 0 radical (unpaired) electrons. The summed E-state index contributed by atoms with van der Waals surface area (Å²) in [5, 5.41) is 25.0. The highest BCUT2D eigenvalue weighted by molar-refractivity contribution is 5.99. The van der Waals surface area contributed by atoms with Gasteiger partial charge in [-0.2, -0.15) is 0 Å². The van der Waals surface area contributed by atoms with E-state index in [4.69, 9.17) is 0 Å². The summed E-state index contributed by atoms with van der Waals surface area (Å²) >= 11 is 0. The van der Waals surface area contributed by atoms with Crippen molar-refractivity contribution in [3.8, 4) is 0 Å². The summed E-state index contributed by atoms with van der Waals surface area (Å²) in [4.78, 5) is 119. The van der Waals surface area contributed by atoms with E-state index in [-0.39, 0.29) is 96.4 Å². The van der Waals surface area contributed by atoms with Crippen LogP contribution in [0, 0.1) is 11.8 Å². The fourth-order valence-electron chi connectivity index (χ4n) is 13.9. The Bertz CT molecular complexity index is 3000. The standard InChI is InChI=1S/C74H96N10O8/c1-49(75-3)67(85)81-65(55-35-19-9-20-36-55)73(91)83-47-59(45-63(83)71(89)79-61(53-31-15-7-16-32-53)39-23-29-51-25-11-5-12-26-51)77-69(87)57-41-43-58(44-42-57)70(88)78-60-46-64(84(48-60)74(92)66(56-37-21-10-22-38-56)82-68(86)50(2)76-4)72(90)80-62(54-33-17-8-18-34-54)40-24-30-52-27-13-6-14-28-52/h5-8,11-18,25-28,31-34,41-44,49-50,55-56,59-66,75-76H,9-10,19-24,29-30,35-40,45-48H2,1-4H3,(H,77,87)(H,78,88)(H,79,89)(H,80,90)(H,81,85)(H,82,86)/t49-,50-,59-,60?,61?,62?,63-,64?,65-,66-/m0/s1. The molecule has 2 saturated heterocycles. The van der Waals surface area contributed by atoms with E-state index in [1.165, 1.54) is 11.1 Å². The molecule has 2 aliphatic heterocycles. The van der Waals surface area contributed by atoms with Crippen LogP contribution in [0.1, 0.15) is 172 Å². The number of hydrogen-bond donors (Lipinski definition) is 8. The monoisotopic (exact) mass is 1250 g/mol. The molecule has 0 spiro atoms. The summed E-state index contributed by atoms with van der Waals surface area (Å²) in [6, 6.07) is 39.4. The lowest BCUT2D eigenvalue weighted by molar-refractivity contribution is -0.143. The van der Waals surface area contributed by atoms with E-state index < -0.39 is 60.1 Å². The van der Waals surface area contributed by atoms with Crippen LogP contribution in [0.25, 0.3) is 0 Å². The maximum Gasteiger partial charge on any atom is 0.251 e. The number of rotatable bonds is 28. The van der Waals surface area contributed by atoms with Gasteiger partial charge >= 0.3 is 0 Å². The van der Waals surface area contributed by atoms with Crippen molar-refractivity contribution in [2.75, 3.05) is 27.2 Å². The second-order valence-corrected chi connectivity index (χ2v) is 25.9. The molecule has 8 amide bonds. The van der Waals surface area contributed by atoms with E-state index in [1.54, 1.807) is 62.0 Å². The number of aryl methyl sites for hydroxylation is 2. The fourth-order valence-corrected chi connectivity index (χ4v) is 13.9. The smallest absolute Gasteiger partial charge is 0.251 e. The number of nitrogens with zero attached hydrogens (tertiary/aromatic N) is 2. The van der Waals surface area contributed by atoms with Crippen LogP contribution in [-0.2, 0) is 41.6 Å². The summed E-state index contributed by atoms with van der Waals surface area (Å²) in [6.45, 7) is 3.53. The number of carbonyl (C=O) groups is 8. The fraction of sp³-hybridized carbons (Fsp3) is 0.486. The van der Waals surface area contributed by atoms with Crippen molar-refractivity contribution in [3.05, 3.63) is 179 Å². The van der Waals surface area contributed by atoms with Crippen LogP contribution in [0.15, 0.2) is 146 Å². The maximum absolute atomic E-state index is 15.2. The van der Waals surface area contributed by atoms with Crippen molar-refractivity contribution >= 4 is 47.3 Å². The van der Waals surface area contributed by atoms with Crippen LogP contribution in [0.4, 0.5) is 0 Å². The van der Waals surface area contributed by atoms with Gasteiger partial charge in [-0.25, -0.2) is 0 Å².